The number of carbonyl (C=O) groups is 1. The van der Waals surface area contributed by atoms with E-state index in [-0.39, 0.29) is 19.1 Å². The van der Waals surface area contributed by atoms with Crippen molar-refractivity contribution in [1.82, 2.24) is 14.5 Å². The molecule has 0 spiro atoms. The van der Waals surface area contributed by atoms with E-state index in [1.807, 2.05) is 35.0 Å². The van der Waals surface area contributed by atoms with Crippen molar-refractivity contribution < 1.29 is 27.4 Å². The average molecular weight is 496 g/mol. The Morgan fingerprint density at radius 3 is 2.58 bits per heavy atom. The molecule has 0 saturated heterocycles. The maximum Gasteiger partial charge on any atom is 0.416 e. The smallest absolute Gasteiger partial charge is 0.416 e. The van der Waals surface area contributed by atoms with Gasteiger partial charge in [0.1, 0.15) is 18.9 Å². The topological polar surface area (TPSA) is 66.2 Å². The highest BCUT2D eigenvalue weighted by molar-refractivity contribution is 5.83. The van der Waals surface area contributed by atoms with Gasteiger partial charge in [-0.25, -0.2) is 9.97 Å². The molecule has 0 amide bonds. The summed E-state index contributed by atoms with van der Waals surface area (Å²) in [7, 11) is 0. The summed E-state index contributed by atoms with van der Waals surface area (Å²) in [6.07, 6.45) is 1.17. The molecule has 0 aliphatic heterocycles. The summed E-state index contributed by atoms with van der Waals surface area (Å²) < 4.78 is 51.5. The summed E-state index contributed by atoms with van der Waals surface area (Å²) in [5, 5.41) is 0.938. The highest BCUT2D eigenvalue weighted by Crippen LogP contribution is 2.41. The number of nitrogens with zero attached hydrogens (tertiary/aromatic N) is 3. The molecule has 1 saturated carbocycles. The molecule has 0 unspecified atom stereocenters. The number of esters is 1. The first-order valence-electron chi connectivity index (χ1n) is 11.7. The Morgan fingerprint density at radius 1 is 1.11 bits per heavy atom. The minimum Gasteiger partial charge on any atom is -0.489 e. The fourth-order valence-corrected chi connectivity index (χ4v) is 4.10. The van der Waals surface area contributed by atoms with Crippen LogP contribution in [-0.4, -0.2) is 27.1 Å². The van der Waals surface area contributed by atoms with E-state index in [1.54, 1.807) is 13.1 Å². The molecular formula is C27H24F3N3O3. The van der Waals surface area contributed by atoms with E-state index in [0.29, 0.717) is 29.7 Å². The highest BCUT2D eigenvalue weighted by atomic mass is 19.4. The zero-order chi connectivity index (χ0) is 25.3. The number of halogens is 3. The molecule has 186 valence electrons. The lowest BCUT2D eigenvalue weighted by Crippen LogP contribution is -2.12. The first-order valence-corrected chi connectivity index (χ1v) is 11.7. The normalized spacial score (nSPS) is 13.7. The van der Waals surface area contributed by atoms with Gasteiger partial charge in [-0.15, -0.1) is 0 Å². The third-order valence-corrected chi connectivity index (χ3v) is 6.07. The SMILES string of the molecule is CCOC(=O)Cn1ccc2cc(OCc3cnc(-c4ccc(C(F)(F)F)cc4)nc3C3CC3)ccc21. The zero-order valence-electron chi connectivity index (χ0n) is 19.6. The van der Waals surface area contributed by atoms with Crippen molar-refractivity contribution in [2.24, 2.45) is 0 Å². The summed E-state index contributed by atoms with van der Waals surface area (Å²) in [5.41, 5.74) is 2.47. The molecule has 5 rings (SSSR count). The monoisotopic (exact) mass is 495 g/mol. The molecule has 1 fully saturated rings. The number of alkyl halides is 3. The van der Waals surface area contributed by atoms with Crippen molar-refractivity contribution in [2.75, 3.05) is 6.61 Å². The minimum atomic E-state index is -4.38. The largest absolute Gasteiger partial charge is 0.489 e. The second kappa shape index (κ2) is 9.64. The molecular weight excluding hydrogens is 471 g/mol. The number of aromatic nitrogens is 3. The van der Waals surface area contributed by atoms with E-state index >= 15 is 0 Å². The predicted octanol–water partition coefficient (Wildman–Crippen LogP) is 6.14. The fourth-order valence-electron chi connectivity index (χ4n) is 4.10. The summed E-state index contributed by atoms with van der Waals surface area (Å²) in [4.78, 5) is 20.9. The molecule has 6 nitrogen and oxygen atoms in total. The van der Waals surface area contributed by atoms with Crippen LogP contribution in [-0.2, 0) is 28.9 Å². The van der Waals surface area contributed by atoms with Crippen LogP contribution >= 0.6 is 0 Å². The second-order valence-corrected chi connectivity index (χ2v) is 8.71. The van der Waals surface area contributed by atoms with Gasteiger partial charge in [0, 0.05) is 40.3 Å². The Balaban J connectivity index is 1.31. The predicted molar refractivity (Wildman–Crippen MR) is 127 cm³/mol. The zero-order valence-corrected chi connectivity index (χ0v) is 19.6. The molecule has 0 radical (unpaired) electrons. The van der Waals surface area contributed by atoms with Gasteiger partial charge < -0.3 is 14.0 Å². The van der Waals surface area contributed by atoms with Crippen LogP contribution in [0.2, 0.25) is 0 Å². The summed E-state index contributed by atoms with van der Waals surface area (Å²) >= 11 is 0. The van der Waals surface area contributed by atoms with Crippen LogP contribution in [0.25, 0.3) is 22.3 Å². The number of ether oxygens (including phenoxy) is 2. The molecule has 2 aromatic carbocycles. The van der Waals surface area contributed by atoms with Gasteiger partial charge in [-0.05, 0) is 56.2 Å². The van der Waals surface area contributed by atoms with Crippen LogP contribution in [0.3, 0.4) is 0 Å². The molecule has 1 aliphatic rings. The Bertz CT molecular complexity index is 1390. The van der Waals surface area contributed by atoms with E-state index in [9.17, 15) is 18.0 Å². The van der Waals surface area contributed by atoms with Crippen LogP contribution in [0.4, 0.5) is 13.2 Å². The van der Waals surface area contributed by atoms with Crippen molar-refractivity contribution >= 4 is 16.9 Å². The Hall–Kier alpha value is -3.88. The van der Waals surface area contributed by atoms with Gasteiger partial charge in [0.25, 0.3) is 0 Å². The standard InChI is InChI=1S/C27H24F3N3O3/c1-2-35-24(34)15-33-12-11-19-13-22(9-10-23(19)33)36-16-20-14-31-26(32-25(20)17-3-4-17)18-5-7-21(8-6-18)27(28,29)30/h5-14,17H,2-4,15-16H2,1H3. The van der Waals surface area contributed by atoms with Gasteiger partial charge >= 0.3 is 12.1 Å². The second-order valence-electron chi connectivity index (χ2n) is 8.71. The third kappa shape index (κ3) is 5.19. The average Bonchev–Trinajstić information content (AvgIpc) is 3.64. The summed E-state index contributed by atoms with van der Waals surface area (Å²) in [6.45, 7) is 2.53. The first kappa shape index (κ1) is 23.8. The van der Waals surface area contributed by atoms with Crippen LogP contribution in [0.1, 0.15) is 42.5 Å². The first-order chi connectivity index (χ1) is 17.3. The lowest BCUT2D eigenvalue weighted by molar-refractivity contribution is -0.143. The van der Waals surface area contributed by atoms with Gasteiger partial charge in [-0.3, -0.25) is 4.79 Å². The van der Waals surface area contributed by atoms with Crippen molar-refractivity contribution in [3.63, 3.8) is 0 Å². The van der Waals surface area contributed by atoms with Crippen LogP contribution in [0.15, 0.2) is 60.9 Å². The van der Waals surface area contributed by atoms with E-state index < -0.39 is 11.7 Å². The van der Waals surface area contributed by atoms with Gasteiger partial charge in [-0.2, -0.15) is 13.2 Å². The number of hydrogen-bond donors (Lipinski definition) is 0. The fraction of sp³-hybridized carbons (Fsp3) is 0.296. The van der Waals surface area contributed by atoms with Crippen molar-refractivity contribution in [3.05, 3.63) is 77.7 Å². The quantitative estimate of drug-likeness (QED) is 0.275. The maximum absolute atomic E-state index is 12.9. The molecule has 0 N–H and O–H groups in total. The van der Waals surface area contributed by atoms with E-state index in [2.05, 4.69) is 9.97 Å². The molecule has 36 heavy (non-hydrogen) atoms. The van der Waals surface area contributed by atoms with Crippen LogP contribution in [0.5, 0.6) is 5.75 Å². The van der Waals surface area contributed by atoms with Crippen LogP contribution in [0, 0.1) is 0 Å². The highest BCUT2D eigenvalue weighted by Gasteiger charge is 2.31. The van der Waals surface area contributed by atoms with Crippen molar-refractivity contribution in [2.45, 2.75) is 45.0 Å². The summed E-state index contributed by atoms with van der Waals surface area (Å²) in [6, 6.07) is 12.5. The van der Waals surface area contributed by atoms with Gasteiger partial charge in [0.05, 0.1) is 17.9 Å². The maximum atomic E-state index is 12.9. The number of carbonyl (C=O) groups excluding carboxylic acids is 1. The summed E-state index contributed by atoms with van der Waals surface area (Å²) in [5.74, 6) is 1.09. The van der Waals surface area contributed by atoms with Gasteiger partial charge in [0.2, 0.25) is 0 Å². The molecule has 4 aromatic rings. The van der Waals surface area contributed by atoms with E-state index in [1.165, 1.54) is 12.1 Å². The minimum absolute atomic E-state index is 0.144. The molecule has 2 heterocycles. The lowest BCUT2D eigenvalue weighted by Gasteiger charge is -2.12. The number of rotatable bonds is 8. The number of fused-ring (bicyclic) bond motifs is 1. The molecule has 1 aliphatic carbocycles. The Labute approximate surface area is 205 Å². The van der Waals surface area contributed by atoms with E-state index in [0.717, 1.165) is 47.1 Å². The molecule has 0 atom stereocenters. The Kier molecular flexibility index (Phi) is 6.38. The van der Waals surface area contributed by atoms with Gasteiger partial charge in [0.15, 0.2) is 5.82 Å². The van der Waals surface area contributed by atoms with Crippen molar-refractivity contribution in [3.8, 4) is 17.1 Å². The van der Waals surface area contributed by atoms with Gasteiger partial charge in [-0.1, -0.05) is 12.1 Å². The van der Waals surface area contributed by atoms with Crippen molar-refractivity contribution in [1.29, 1.82) is 0 Å². The molecule has 2 aromatic heterocycles. The molecule has 0 bridgehead atoms. The number of benzene rings is 2. The van der Waals surface area contributed by atoms with Crippen LogP contribution < -0.4 is 4.74 Å². The Morgan fingerprint density at radius 2 is 1.89 bits per heavy atom. The van der Waals surface area contributed by atoms with E-state index in [4.69, 9.17) is 9.47 Å². The number of hydrogen-bond acceptors (Lipinski definition) is 5. The third-order valence-electron chi connectivity index (χ3n) is 6.07. The molecule has 9 heteroatoms. The lowest BCUT2D eigenvalue weighted by atomic mass is 10.1.